The summed E-state index contributed by atoms with van der Waals surface area (Å²) in [4.78, 5) is 4.30. The normalized spacial score (nSPS) is 11.5. The quantitative estimate of drug-likeness (QED) is 0.733. The second kappa shape index (κ2) is 6.87. The van der Waals surface area contributed by atoms with Gasteiger partial charge in [0.2, 0.25) is 10.0 Å². The summed E-state index contributed by atoms with van der Waals surface area (Å²) in [5.74, 6) is 1.39. The fraction of sp³-hybridized carbons (Fsp3) is 0.118. The third kappa shape index (κ3) is 4.19. The van der Waals surface area contributed by atoms with Crippen molar-refractivity contribution in [1.29, 1.82) is 0 Å². The maximum atomic E-state index is 11.2. The van der Waals surface area contributed by atoms with Crippen LogP contribution in [0.4, 0.5) is 0 Å². The van der Waals surface area contributed by atoms with Crippen LogP contribution in [0.1, 0.15) is 5.56 Å². The summed E-state index contributed by atoms with van der Waals surface area (Å²) in [7, 11) is -2.03. The van der Waals surface area contributed by atoms with Gasteiger partial charge in [0.1, 0.15) is 17.2 Å². The lowest BCUT2D eigenvalue weighted by atomic mass is 10.2. The van der Waals surface area contributed by atoms with Crippen LogP contribution in [0.5, 0.6) is 17.2 Å². The van der Waals surface area contributed by atoms with Gasteiger partial charge in [-0.25, -0.2) is 13.6 Å². The number of benzene rings is 2. The van der Waals surface area contributed by atoms with Gasteiger partial charge in [0, 0.05) is 17.6 Å². The van der Waals surface area contributed by atoms with Crippen molar-refractivity contribution in [2.24, 2.45) is 5.14 Å². The standard InChI is InChI=1S/C17H15ClN2O4S/c1-23-12-3-4-13-15(9-12)20-7-6-16(13)24-17-5-2-11(8-14(17)18)10-25(19,21)22/h2-9H,10H2,1H3,(H2,19,21,22). The van der Waals surface area contributed by atoms with Gasteiger partial charge in [-0.1, -0.05) is 17.7 Å². The molecule has 0 saturated carbocycles. The lowest BCUT2D eigenvalue weighted by Crippen LogP contribution is -2.14. The summed E-state index contributed by atoms with van der Waals surface area (Å²) in [6.07, 6.45) is 1.63. The SMILES string of the molecule is COc1ccc2c(Oc3ccc(CS(N)(=O)=O)cc3Cl)ccnc2c1. The molecule has 0 bridgehead atoms. The Bertz CT molecular complexity index is 1040. The maximum Gasteiger partial charge on any atom is 0.213 e. The molecule has 2 N–H and O–H groups in total. The molecular weight excluding hydrogens is 364 g/mol. The van der Waals surface area contributed by atoms with Gasteiger partial charge >= 0.3 is 0 Å². The van der Waals surface area contributed by atoms with E-state index < -0.39 is 10.0 Å². The summed E-state index contributed by atoms with van der Waals surface area (Å²) >= 11 is 6.21. The Balaban J connectivity index is 1.93. The van der Waals surface area contributed by atoms with E-state index in [4.69, 9.17) is 26.2 Å². The summed E-state index contributed by atoms with van der Waals surface area (Å²) < 4.78 is 33.4. The molecule has 2 aromatic carbocycles. The van der Waals surface area contributed by atoms with Crippen molar-refractivity contribution in [1.82, 2.24) is 4.98 Å². The van der Waals surface area contributed by atoms with Crippen LogP contribution < -0.4 is 14.6 Å². The van der Waals surface area contributed by atoms with E-state index in [1.807, 2.05) is 12.1 Å². The van der Waals surface area contributed by atoms with Crippen molar-refractivity contribution in [3.05, 3.63) is 59.2 Å². The molecule has 8 heteroatoms. The molecule has 1 aromatic heterocycles. The van der Waals surface area contributed by atoms with Crippen molar-refractivity contribution in [2.45, 2.75) is 5.75 Å². The first kappa shape index (κ1) is 17.5. The predicted molar refractivity (Wildman–Crippen MR) is 96.6 cm³/mol. The molecule has 0 unspecified atom stereocenters. The van der Waals surface area contributed by atoms with E-state index in [-0.39, 0.29) is 5.75 Å². The molecule has 0 amide bonds. The van der Waals surface area contributed by atoms with Gasteiger partial charge in [-0.05, 0) is 35.9 Å². The van der Waals surface area contributed by atoms with E-state index in [0.717, 1.165) is 10.9 Å². The van der Waals surface area contributed by atoms with Gasteiger partial charge in [-0.3, -0.25) is 4.98 Å². The van der Waals surface area contributed by atoms with E-state index >= 15 is 0 Å². The number of aromatic nitrogens is 1. The van der Waals surface area contributed by atoms with E-state index in [1.54, 1.807) is 37.6 Å². The number of ether oxygens (including phenoxy) is 2. The van der Waals surface area contributed by atoms with E-state index in [9.17, 15) is 8.42 Å². The fourth-order valence-corrected chi connectivity index (χ4v) is 3.27. The van der Waals surface area contributed by atoms with E-state index in [2.05, 4.69) is 4.98 Å². The molecule has 0 aliphatic heterocycles. The monoisotopic (exact) mass is 378 g/mol. The molecule has 3 rings (SSSR count). The van der Waals surface area contributed by atoms with Crippen LogP contribution in [0.25, 0.3) is 10.9 Å². The maximum absolute atomic E-state index is 11.2. The first-order chi connectivity index (χ1) is 11.9. The Kier molecular flexibility index (Phi) is 4.80. The molecule has 0 radical (unpaired) electrons. The first-order valence-electron chi connectivity index (χ1n) is 7.25. The zero-order valence-corrected chi connectivity index (χ0v) is 14.8. The smallest absolute Gasteiger partial charge is 0.213 e. The topological polar surface area (TPSA) is 91.5 Å². The van der Waals surface area contributed by atoms with Gasteiger partial charge in [0.25, 0.3) is 0 Å². The van der Waals surface area contributed by atoms with Crippen LogP contribution in [0.2, 0.25) is 5.02 Å². The highest BCUT2D eigenvalue weighted by Gasteiger charge is 2.11. The zero-order valence-electron chi connectivity index (χ0n) is 13.3. The van der Waals surface area contributed by atoms with Crippen LogP contribution >= 0.6 is 11.6 Å². The fourth-order valence-electron chi connectivity index (χ4n) is 2.39. The number of halogens is 1. The van der Waals surface area contributed by atoms with Gasteiger partial charge in [0.05, 0.1) is 23.4 Å². The van der Waals surface area contributed by atoms with Crippen LogP contribution in [0, 0.1) is 0 Å². The Morgan fingerprint density at radius 3 is 2.60 bits per heavy atom. The lowest BCUT2D eigenvalue weighted by molar-refractivity contribution is 0.415. The Hall–Kier alpha value is -2.35. The molecule has 0 aliphatic carbocycles. The van der Waals surface area contributed by atoms with E-state index in [0.29, 0.717) is 27.8 Å². The number of nitrogens with zero attached hydrogens (tertiary/aromatic N) is 1. The second-order valence-electron chi connectivity index (χ2n) is 5.37. The molecular formula is C17H15ClN2O4S. The summed E-state index contributed by atoms with van der Waals surface area (Å²) in [6, 6.07) is 11.9. The number of pyridine rings is 1. The Morgan fingerprint density at radius 2 is 1.92 bits per heavy atom. The lowest BCUT2D eigenvalue weighted by Gasteiger charge is -2.11. The van der Waals surface area contributed by atoms with Gasteiger partial charge in [-0.15, -0.1) is 0 Å². The zero-order chi connectivity index (χ0) is 18.0. The highest BCUT2D eigenvalue weighted by atomic mass is 35.5. The van der Waals surface area contributed by atoms with Crippen LogP contribution in [-0.4, -0.2) is 20.5 Å². The molecule has 0 spiro atoms. The Labute approximate surface area is 150 Å². The molecule has 0 atom stereocenters. The first-order valence-corrected chi connectivity index (χ1v) is 9.34. The third-order valence-corrected chi connectivity index (χ3v) is 4.53. The number of primary sulfonamides is 1. The minimum Gasteiger partial charge on any atom is -0.497 e. The highest BCUT2D eigenvalue weighted by molar-refractivity contribution is 7.88. The number of sulfonamides is 1. The molecule has 1 heterocycles. The van der Waals surface area contributed by atoms with Gasteiger partial charge in [0.15, 0.2) is 0 Å². The van der Waals surface area contributed by atoms with Crippen molar-refractivity contribution in [3.8, 4) is 17.2 Å². The number of hydrogen-bond acceptors (Lipinski definition) is 5. The molecule has 25 heavy (non-hydrogen) atoms. The molecule has 130 valence electrons. The minimum atomic E-state index is -3.62. The van der Waals surface area contributed by atoms with Crippen molar-refractivity contribution >= 4 is 32.5 Å². The van der Waals surface area contributed by atoms with Crippen molar-refractivity contribution < 1.29 is 17.9 Å². The van der Waals surface area contributed by atoms with Crippen LogP contribution in [-0.2, 0) is 15.8 Å². The van der Waals surface area contributed by atoms with Crippen LogP contribution in [0.15, 0.2) is 48.7 Å². The Morgan fingerprint density at radius 1 is 1.12 bits per heavy atom. The number of rotatable bonds is 5. The minimum absolute atomic E-state index is 0.287. The number of fused-ring (bicyclic) bond motifs is 1. The van der Waals surface area contributed by atoms with Crippen molar-refractivity contribution in [2.75, 3.05) is 7.11 Å². The summed E-state index contributed by atoms with van der Waals surface area (Å²) in [6.45, 7) is 0. The molecule has 0 fully saturated rings. The van der Waals surface area contributed by atoms with Crippen LogP contribution in [0.3, 0.4) is 0 Å². The highest BCUT2D eigenvalue weighted by Crippen LogP contribution is 2.34. The van der Waals surface area contributed by atoms with Gasteiger partial charge < -0.3 is 9.47 Å². The predicted octanol–water partition coefficient (Wildman–Crippen LogP) is 3.48. The van der Waals surface area contributed by atoms with Gasteiger partial charge in [-0.2, -0.15) is 0 Å². The molecule has 0 saturated heterocycles. The third-order valence-electron chi connectivity index (χ3n) is 3.49. The molecule has 3 aromatic rings. The number of nitrogens with two attached hydrogens (primary N) is 1. The summed E-state index contributed by atoms with van der Waals surface area (Å²) in [5, 5.41) is 6.14. The average Bonchev–Trinajstić information content (AvgIpc) is 2.55. The number of methoxy groups -OCH3 is 1. The molecule has 0 aliphatic rings. The molecule has 6 nitrogen and oxygen atoms in total. The number of hydrogen-bond donors (Lipinski definition) is 1. The largest absolute Gasteiger partial charge is 0.497 e. The summed E-state index contributed by atoms with van der Waals surface area (Å²) in [5.41, 5.74) is 1.21. The van der Waals surface area contributed by atoms with Crippen molar-refractivity contribution in [3.63, 3.8) is 0 Å². The second-order valence-corrected chi connectivity index (χ2v) is 7.39. The van der Waals surface area contributed by atoms with E-state index in [1.165, 1.54) is 6.07 Å². The average molecular weight is 379 g/mol.